The molecular weight excluding hydrogens is 319 g/mol. The number of aromatic nitrogens is 1. The number of para-hydroxylation sites is 1. The van der Waals surface area contributed by atoms with Gasteiger partial charge < -0.3 is 14.6 Å². The normalized spacial score (nSPS) is 20.1. The maximum atomic E-state index is 14.6. The van der Waals surface area contributed by atoms with Gasteiger partial charge in [0, 0.05) is 29.6 Å². The molecule has 0 saturated carbocycles. The highest BCUT2D eigenvalue weighted by atomic mass is 19.1. The quantitative estimate of drug-likeness (QED) is 0.776. The minimum absolute atomic E-state index is 0.0673. The molecule has 1 amide bonds. The highest BCUT2D eigenvalue weighted by molar-refractivity contribution is 5.84. The van der Waals surface area contributed by atoms with E-state index in [1.165, 1.54) is 4.90 Å². The van der Waals surface area contributed by atoms with E-state index in [0.29, 0.717) is 6.54 Å². The Labute approximate surface area is 145 Å². The van der Waals surface area contributed by atoms with Crippen LogP contribution in [-0.2, 0) is 11.3 Å². The van der Waals surface area contributed by atoms with Gasteiger partial charge in [0.25, 0.3) is 0 Å². The maximum Gasteiger partial charge on any atom is 0.410 e. The Balaban J connectivity index is 1.45. The minimum Gasteiger partial charge on any atom is -0.445 e. The van der Waals surface area contributed by atoms with Gasteiger partial charge in [0.2, 0.25) is 0 Å². The molecule has 0 radical (unpaired) electrons. The van der Waals surface area contributed by atoms with Gasteiger partial charge in [0.1, 0.15) is 12.8 Å². The molecule has 1 aliphatic rings. The molecule has 2 heterocycles. The summed E-state index contributed by atoms with van der Waals surface area (Å²) in [6.07, 6.45) is 0.290. The van der Waals surface area contributed by atoms with Gasteiger partial charge >= 0.3 is 6.09 Å². The van der Waals surface area contributed by atoms with E-state index in [0.717, 1.165) is 22.0 Å². The average Bonchev–Trinajstić information content (AvgIpc) is 3.24. The first-order valence-electron chi connectivity index (χ1n) is 8.38. The van der Waals surface area contributed by atoms with Gasteiger partial charge in [-0.25, -0.2) is 9.18 Å². The Morgan fingerprint density at radius 2 is 1.88 bits per heavy atom. The van der Waals surface area contributed by atoms with Crippen molar-refractivity contribution >= 4 is 17.0 Å². The SMILES string of the molecule is O=C(OCc1ccccc1)N1CC(F)C(c2c[nH]c3ccccc23)C1. The summed E-state index contributed by atoms with van der Waals surface area (Å²) in [6, 6.07) is 17.3. The fourth-order valence-electron chi connectivity index (χ4n) is 3.42. The summed E-state index contributed by atoms with van der Waals surface area (Å²) in [5.41, 5.74) is 2.82. The van der Waals surface area contributed by atoms with Gasteiger partial charge in [-0.1, -0.05) is 48.5 Å². The van der Waals surface area contributed by atoms with Crippen molar-refractivity contribution in [1.29, 1.82) is 0 Å². The third-order valence-corrected chi connectivity index (χ3v) is 4.73. The lowest BCUT2D eigenvalue weighted by molar-refractivity contribution is 0.102. The largest absolute Gasteiger partial charge is 0.445 e. The number of carbonyl (C=O) groups excluding carboxylic acids is 1. The van der Waals surface area contributed by atoms with Crippen molar-refractivity contribution in [2.45, 2.75) is 18.7 Å². The lowest BCUT2D eigenvalue weighted by Gasteiger charge is -2.16. The molecule has 1 aromatic heterocycles. The van der Waals surface area contributed by atoms with Crippen molar-refractivity contribution in [3.8, 4) is 0 Å². The Hall–Kier alpha value is -2.82. The summed E-state index contributed by atoms with van der Waals surface area (Å²) >= 11 is 0. The van der Waals surface area contributed by atoms with Gasteiger partial charge in [-0.2, -0.15) is 0 Å². The summed E-state index contributed by atoms with van der Waals surface area (Å²) in [7, 11) is 0. The molecule has 2 atom stereocenters. The molecule has 2 unspecified atom stereocenters. The number of halogens is 1. The van der Waals surface area contributed by atoms with E-state index in [1.54, 1.807) is 0 Å². The smallest absolute Gasteiger partial charge is 0.410 e. The van der Waals surface area contributed by atoms with Crippen LogP contribution in [0.4, 0.5) is 9.18 Å². The number of carbonyl (C=O) groups is 1. The van der Waals surface area contributed by atoms with Crippen LogP contribution in [0.3, 0.4) is 0 Å². The van der Waals surface area contributed by atoms with Crippen LogP contribution in [0, 0.1) is 0 Å². The number of alkyl halides is 1. The van der Waals surface area contributed by atoms with E-state index in [9.17, 15) is 9.18 Å². The fourth-order valence-corrected chi connectivity index (χ4v) is 3.42. The van der Waals surface area contributed by atoms with Gasteiger partial charge in [-0.3, -0.25) is 0 Å². The fraction of sp³-hybridized carbons (Fsp3) is 0.250. The van der Waals surface area contributed by atoms with Gasteiger partial charge in [0.05, 0.1) is 6.54 Å². The second-order valence-electron chi connectivity index (χ2n) is 6.36. The Morgan fingerprint density at radius 1 is 1.12 bits per heavy atom. The highest BCUT2D eigenvalue weighted by Gasteiger charge is 2.38. The van der Waals surface area contributed by atoms with Crippen LogP contribution in [0.5, 0.6) is 0 Å². The molecule has 0 bridgehead atoms. The van der Waals surface area contributed by atoms with Crippen molar-refractivity contribution in [1.82, 2.24) is 9.88 Å². The number of nitrogens with zero attached hydrogens (tertiary/aromatic N) is 1. The molecule has 1 fully saturated rings. The predicted octanol–water partition coefficient (Wildman–Crippen LogP) is 4.24. The number of fused-ring (bicyclic) bond motifs is 1. The lowest BCUT2D eigenvalue weighted by atomic mass is 9.96. The van der Waals surface area contributed by atoms with Crippen LogP contribution >= 0.6 is 0 Å². The predicted molar refractivity (Wildman–Crippen MR) is 94.1 cm³/mol. The summed E-state index contributed by atoms with van der Waals surface area (Å²) in [5.74, 6) is -0.333. The molecule has 0 aliphatic carbocycles. The van der Waals surface area contributed by atoms with Crippen molar-refractivity contribution < 1.29 is 13.9 Å². The van der Waals surface area contributed by atoms with Crippen LogP contribution in [0.1, 0.15) is 17.0 Å². The van der Waals surface area contributed by atoms with E-state index in [4.69, 9.17) is 4.74 Å². The number of hydrogen-bond acceptors (Lipinski definition) is 2. The molecular formula is C20H19FN2O2. The molecule has 4 rings (SSSR count). The van der Waals surface area contributed by atoms with Crippen LogP contribution in [-0.4, -0.2) is 35.2 Å². The van der Waals surface area contributed by atoms with Crippen LogP contribution in [0.15, 0.2) is 60.8 Å². The second kappa shape index (κ2) is 6.59. The van der Waals surface area contributed by atoms with Gasteiger partial charge in [-0.05, 0) is 17.2 Å². The molecule has 1 N–H and O–H groups in total. The van der Waals surface area contributed by atoms with Crippen molar-refractivity contribution in [2.24, 2.45) is 0 Å². The third kappa shape index (κ3) is 3.09. The van der Waals surface area contributed by atoms with Crippen molar-refractivity contribution in [3.05, 3.63) is 71.9 Å². The number of rotatable bonds is 3. The van der Waals surface area contributed by atoms with E-state index in [1.807, 2.05) is 60.8 Å². The van der Waals surface area contributed by atoms with E-state index in [-0.39, 0.29) is 19.1 Å². The monoisotopic (exact) mass is 338 g/mol. The standard InChI is InChI=1S/C20H19FN2O2/c21-18-12-23(20(24)25-13-14-6-2-1-3-7-14)11-17(18)16-10-22-19-9-5-4-8-15(16)19/h1-10,17-18,22H,11-13H2. The maximum absolute atomic E-state index is 14.6. The number of hydrogen-bond donors (Lipinski definition) is 1. The number of H-pyrrole nitrogens is 1. The molecule has 1 saturated heterocycles. The third-order valence-electron chi connectivity index (χ3n) is 4.73. The number of benzene rings is 2. The van der Waals surface area contributed by atoms with Crippen molar-refractivity contribution in [3.63, 3.8) is 0 Å². The summed E-state index contributed by atoms with van der Waals surface area (Å²) in [6.45, 7) is 0.597. The average molecular weight is 338 g/mol. The molecule has 25 heavy (non-hydrogen) atoms. The van der Waals surface area contributed by atoms with Crippen molar-refractivity contribution in [2.75, 3.05) is 13.1 Å². The van der Waals surface area contributed by atoms with E-state index < -0.39 is 12.3 Å². The molecule has 128 valence electrons. The number of aromatic amines is 1. The first-order valence-corrected chi connectivity index (χ1v) is 8.38. The van der Waals surface area contributed by atoms with E-state index in [2.05, 4.69) is 4.98 Å². The zero-order chi connectivity index (χ0) is 17.2. The number of amides is 1. The first-order chi connectivity index (χ1) is 12.2. The molecule has 5 heteroatoms. The van der Waals surface area contributed by atoms with Gasteiger partial charge in [-0.15, -0.1) is 0 Å². The zero-order valence-electron chi connectivity index (χ0n) is 13.7. The summed E-state index contributed by atoms with van der Waals surface area (Å²) in [4.78, 5) is 16.9. The molecule has 4 nitrogen and oxygen atoms in total. The lowest BCUT2D eigenvalue weighted by Crippen LogP contribution is -2.29. The Kier molecular flexibility index (Phi) is 4.14. The van der Waals surface area contributed by atoms with Crippen LogP contribution in [0.25, 0.3) is 10.9 Å². The minimum atomic E-state index is -1.09. The second-order valence-corrected chi connectivity index (χ2v) is 6.36. The topological polar surface area (TPSA) is 45.3 Å². The highest BCUT2D eigenvalue weighted by Crippen LogP contribution is 2.34. The summed E-state index contributed by atoms with van der Waals surface area (Å²) < 4.78 is 19.9. The van der Waals surface area contributed by atoms with Crippen LogP contribution in [0.2, 0.25) is 0 Å². The first kappa shape index (κ1) is 15.7. The molecule has 2 aromatic carbocycles. The van der Waals surface area contributed by atoms with Gasteiger partial charge in [0.15, 0.2) is 0 Å². The molecule has 3 aromatic rings. The van der Waals surface area contributed by atoms with E-state index >= 15 is 0 Å². The van der Waals surface area contributed by atoms with Crippen LogP contribution < -0.4 is 0 Å². The number of nitrogens with one attached hydrogen (secondary N) is 1. The summed E-state index contributed by atoms with van der Waals surface area (Å²) in [5, 5.41) is 1.01. The molecule has 0 spiro atoms. The number of likely N-dealkylation sites (tertiary alicyclic amines) is 1. The zero-order valence-corrected chi connectivity index (χ0v) is 13.7. The Bertz CT molecular complexity index is 878. The number of ether oxygens (including phenoxy) is 1. The molecule has 1 aliphatic heterocycles. The Morgan fingerprint density at radius 3 is 2.72 bits per heavy atom.